The molecular formula is C16H30O2. The van der Waals surface area contributed by atoms with Crippen LogP contribution in [0.1, 0.15) is 71.6 Å². The highest BCUT2D eigenvalue weighted by molar-refractivity contribution is 4.77. The van der Waals surface area contributed by atoms with Gasteiger partial charge in [-0.2, -0.15) is 0 Å². The van der Waals surface area contributed by atoms with Crippen molar-refractivity contribution >= 4 is 0 Å². The predicted octanol–water partition coefficient (Wildman–Crippen LogP) is 4.52. The van der Waals surface area contributed by atoms with E-state index in [1.54, 1.807) is 0 Å². The van der Waals surface area contributed by atoms with Crippen LogP contribution in [0.3, 0.4) is 0 Å². The minimum atomic E-state index is 0.109. The summed E-state index contributed by atoms with van der Waals surface area (Å²) in [6.07, 6.45) is 12.2. The second kappa shape index (κ2) is 7.49. The minimum absolute atomic E-state index is 0.109. The van der Waals surface area contributed by atoms with Gasteiger partial charge in [-0.05, 0) is 44.4 Å². The molecule has 0 aromatic rings. The van der Waals surface area contributed by atoms with E-state index in [9.17, 15) is 0 Å². The van der Waals surface area contributed by atoms with E-state index in [-0.39, 0.29) is 6.29 Å². The van der Waals surface area contributed by atoms with Crippen molar-refractivity contribution in [2.45, 2.75) is 84.0 Å². The van der Waals surface area contributed by atoms with Gasteiger partial charge in [-0.1, -0.05) is 33.1 Å². The maximum atomic E-state index is 6.14. The van der Waals surface area contributed by atoms with E-state index >= 15 is 0 Å². The highest BCUT2D eigenvalue weighted by Gasteiger charge is 2.32. The van der Waals surface area contributed by atoms with Crippen molar-refractivity contribution in [1.82, 2.24) is 0 Å². The van der Waals surface area contributed by atoms with Crippen LogP contribution >= 0.6 is 0 Å². The summed E-state index contributed by atoms with van der Waals surface area (Å²) in [7, 11) is 0. The van der Waals surface area contributed by atoms with Crippen LogP contribution in [0.25, 0.3) is 0 Å². The molecule has 18 heavy (non-hydrogen) atoms. The van der Waals surface area contributed by atoms with Crippen LogP contribution in [-0.2, 0) is 9.47 Å². The first kappa shape index (κ1) is 14.3. The van der Waals surface area contributed by atoms with Crippen molar-refractivity contribution in [2.75, 3.05) is 6.61 Å². The van der Waals surface area contributed by atoms with Gasteiger partial charge in [0.1, 0.15) is 0 Å². The Bertz CT molecular complexity index is 219. The van der Waals surface area contributed by atoms with E-state index in [0.717, 1.165) is 18.9 Å². The first-order valence-electron chi connectivity index (χ1n) is 8.10. The van der Waals surface area contributed by atoms with E-state index in [1.165, 1.54) is 51.4 Å². The average molecular weight is 254 g/mol. The fraction of sp³-hybridized carbons (Fsp3) is 1.00. The number of ether oxygens (including phenoxy) is 2. The van der Waals surface area contributed by atoms with Crippen molar-refractivity contribution in [3.8, 4) is 0 Å². The molecule has 2 heteroatoms. The van der Waals surface area contributed by atoms with Crippen LogP contribution in [0.15, 0.2) is 0 Å². The zero-order valence-corrected chi connectivity index (χ0v) is 12.2. The molecule has 0 aromatic carbocycles. The summed E-state index contributed by atoms with van der Waals surface area (Å²) in [5.74, 6) is 1.64. The number of hydrogen-bond acceptors (Lipinski definition) is 2. The molecule has 0 N–H and O–H groups in total. The van der Waals surface area contributed by atoms with Crippen LogP contribution in [-0.4, -0.2) is 19.0 Å². The van der Waals surface area contributed by atoms with Gasteiger partial charge in [0.25, 0.3) is 0 Å². The van der Waals surface area contributed by atoms with E-state index < -0.39 is 0 Å². The lowest BCUT2D eigenvalue weighted by atomic mass is 9.79. The summed E-state index contributed by atoms with van der Waals surface area (Å²) >= 11 is 0. The minimum Gasteiger partial charge on any atom is -0.352 e. The van der Waals surface area contributed by atoms with E-state index in [0.29, 0.717) is 12.0 Å². The Morgan fingerprint density at radius 2 is 1.61 bits per heavy atom. The van der Waals surface area contributed by atoms with Gasteiger partial charge in [0.15, 0.2) is 6.29 Å². The van der Waals surface area contributed by atoms with Gasteiger partial charge in [0, 0.05) is 5.92 Å². The SMILES string of the molecule is CCCC1CCOC([C@H]2CC[C@H](CCC)CC2)O1. The average Bonchev–Trinajstić information content (AvgIpc) is 2.41. The molecule has 0 aromatic heterocycles. The summed E-state index contributed by atoms with van der Waals surface area (Å²) < 4.78 is 12.0. The third-order valence-electron chi connectivity index (χ3n) is 4.63. The molecule has 2 atom stereocenters. The Labute approximate surface area is 112 Å². The van der Waals surface area contributed by atoms with Crippen LogP contribution in [0.4, 0.5) is 0 Å². The largest absolute Gasteiger partial charge is 0.352 e. The van der Waals surface area contributed by atoms with Crippen LogP contribution in [0.2, 0.25) is 0 Å². The molecule has 2 nitrogen and oxygen atoms in total. The maximum absolute atomic E-state index is 6.14. The van der Waals surface area contributed by atoms with E-state index in [4.69, 9.17) is 9.47 Å². The third kappa shape index (κ3) is 3.96. The Morgan fingerprint density at radius 3 is 2.28 bits per heavy atom. The topological polar surface area (TPSA) is 18.5 Å². The summed E-state index contributed by atoms with van der Waals surface area (Å²) in [5.41, 5.74) is 0. The number of rotatable bonds is 5. The van der Waals surface area contributed by atoms with Gasteiger partial charge >= 0.3 is 0 Å². The van der Waals surface area contributed by atoms with Crippen molar-refractivity contribution in [2.24, 2.45) is 11.8 Å². The molecule has 1 saturated heterocycles. The van der Waals surface area contributed by atoms with Crippen molar-refractivity contribution in [3.63, 3.8) is 0 Å². The van der Waals surface area contributed by atoms with Crippen molar-refractivity contribution in [1.29, 1.82) is 0 Å². The third-order valence-corrected chi connectivity index (χ3v) is 4.63. The maximum Gasteiger partial charge on any atom is 0.160 e. The van der Waals surface area contributed by atoms with Crippen molar-refractivity contribution < 1.29 is 9.47 Å². The van der Waals surface area contributed by atoms with Crippen LogP contribution in [0, 0.1) is 11.8 Å². The zero-order valence-electron chi connectivity index (χ0n) is 12.2. The molecule has 2 rings (SSSR count). The summed E-state index contributed by atoms with van der Waals surface area (Å²) in [6, 6.07) is 0. The van der Waals surface area contributed by atoms with E-state index in [1.807, 2.05) is 0 Å². The monoisotopic (exact) mass is 254 g/mol. The molecule has 1 saturated carbocycles. The molecule has 1 aliphatic carbocycles. The first-order chi connectivity index (χ1) is 8.83. The molecule has 0 radical (unpaired) electrons. The van der Waals surface area contributed by atoms with E-state index in [2.05, 4.69) is 13.8 Å². The molecule has 2 unspecified atom stereocenters. The van der Waals surface area contributed by atoms with Gasteiger partial charge in [0.05, 0.1) is 12.7 Å². The smallest absolute Gasteiger partial charge is 0.160 e. The lowest BCUT2D eigenvalue weighted by Gasteiger charge is -2.38. The Kier molecular flexibility index (Phi) is 5.97. The second-order valence-electron chi connectivity index (χ2n) is 6.14. The van der Waals surface area contributed by atoms with Gasteiger partial charge in [0.2, 0.25) is 0 Å². The van der Waals surface area contributed by atoms with Gasteiger partial charge < -0.3 is 9.47 Å². The summed E-state index contributed by atoms with van der Waals surface area (Å²) in [4.78, 5) is 0. The molecule has 2 aliphatic rings. The van der Waals surface area contributed by atoms with Crippen LogP contribution in [0.5, 0.6) is 0 Å². The van der Waals surface area contributed by atoms with Crippen molar-refractivity contribution in [3.05, 3.63) is 0 Å². The zero-order chi connectivity index (χ0) is 12.8. The normalized spacial score (nSPS) is 37.7. The Balaban J connectivity index is 1.75. The van der Waals surface area contributed by atoms with Gasteiger partial charge in [-0.25, -0.2) is 0 Å². The lowest BCUT2D eigenvalue weighted by molar-refractivity contribution is -0.241. The molecule has 1 heterocycles. The second-order valence-corrected chi connectivity index (χ2v) is 6.14. The highest BCUT2D eigenvalue weighted by Crippen LogP contribution is 2.36. The standard InChI is InChI=1S/C16H30O2/c1-3-5-13-7-9-14(10-8-13)16-17-12-11-15(18-16)6-4-2/h13-16H,3-12H2,1-2H3/t13-,14-,15?,16?. The molecule has 0 bridgehead atoms. The molecule has 0 amide bonds. The molecule has 1 aliphatic heterocycles. The highest BCUT2D eigenvalue weighted by atomic mass is 16.7. The first-order valence-corrected chi connectivity index (χ1v) is 8.10. The number of hydrogen-bond donors (Lipinski definition) is 0. The fourth-order valence-corrected chi connectivity index (χ4v) is 3.55. The molecule has 0 spiro atoms. The Hall–Kier alpha value is -0.0800. The summed E-state index contributed by atoms with van der Waals surface area (Å²) in [6.45, 7) is 5.45. The molecule has 2 fully saturated rings. The fourth-order valence-electron chi connectivity index (χ4n) is 3.55. The molecule has 106 valence electrons. The lowest BCUT2D eigenvalue weighted by Crippen LogP contribution is -2.38. The quantitative estimate of drug-likeness (QED) is 0.718. The van der Waals surface area contributed by atoms with Gasteiger partial charge in [-0.3, -0.25) is 0 Å². The predicted molar refractivity (Wildman–Crippen MR) is 74.5 cm³/mol. The van der Waals surface area contributed by atoms with Crippen LogP contribution < -0.4 is 0 Å². The summed E-state index contributed by atoms with van der Waals surface area (Å²) in [5, 5.41) is 0. The molecular weight excluding hydrogens is 224 g/mol. The Morgan fingerprint density at radius 1 is 0.889 bits per heavy atom. The van der Waals surface area contributed by atoms with Gasteiger partial charge in [-0.15, -0.1) is 0 Å².